The molecule has 9 nitrogen and oxygen atoms in total. The highest BCUT2D eigenvalue weighted by molar-refractivity contribution is 9.10. The number of benzene rings is 1. The van der Waals surface area contributed by atoms with Gasteiger partial charge in [0.1, 0.15) is 48.5 Å². The lowest BCUT2D eigenvalue weighted by Crippen LogP contribution is -2.34. The minimum absolute atomic E-state index is 0.0616. The normalized spacial score (nSPS) is 23.6. The molecule has 0 amide bonds. The van der Waals surface area contributed by atoms with Crippen molar-refractivity contribution in [1.29, 1.82) is 0 Å². The predicted octanol–water partition coefficient (Wildman–Crippen LogP) is 2.33. The van der Waals surface area contributed by atoms with Crippen LogP contribution in [0, 0.1) is 6.92 Å². The fourth-order valence-electron chi connectivity index (χ4n) is 3.92. The number of halogens is 1. The molecule has 3 aromatic heterocycles. The van der Waals surface area contributed by atoms with Gasteiger partial charge in [-0.05, 0) is 47.1 Å². The van der Waals surface area contributed by atoms with Crippen molar-refractivity contribution in [3.05, 3.63) is 53.0 Å². The summed E-state index contributed by atoms with van der Waals surface area (Å²) in [5, 5.41) is 22.9. The van der Waals surface area contributed by atoms with Crippen LogP contribution < -0.4 is 10.5 Å². The van der Waals surface area contributed by atoms with Gasteiger partial charge in [0, 0.05) is 27.8 Å². The molecule has 0 bridgehead atoms. The molecule has 1 aliphatic rings. The second-order valence-corrected chi connectivity index (χ2v) is 8.43. The molecular formula is C21H20BrN5O4. The third kappa shape index (κ3) is 3.51. The fourth-order valence-corrected chi connectivity index (χ4v) is 4.27. The van der Waals surface area contributed by atoms with Gasteiger partial charge in [0.2, 0.25) is 0 Å². The average molecular weight is 486 g/mol. The first-order valence-corrected chi connectivity index (χ1v) is 10.5. The van der Waals surface area contributed by atoms with E-state index in [1.807, 2.05) is 37.3 Å². The van der Waals surface area contributed by atoms with Gasteiger partial charge in [-0.15, -0.1) is 0 Å². The van der Waals surface area contributed by atoms with Crippen LogP contribution in [0.5, 0.6) is 5.75 Å². The summed E-state index contributed by atoms with van der Waals surface area (Å²) >= 11 is 3.41. The molecule has 4 aromatic rings. The lowest BCUT2D eigenvalue weighted by Gasteiger charge is -2.19. The van der Waals surface area contributed by atoms with Gasteiger partial charge in [-0.1, -0.05) is 0 Å². The van der Waals surface area contributed by atoms with E-state index in [1.54, 1.807) is 10.8 Å². The Bertz CT molecular complexity index is 1280. The number of nitrogen functional groups attached to an aromatic ring is 1. The van der Waals surface area contributed by atoms with Crippen LogP contribution in [0.3, 0.4) is 0 Å². The quantitative estimate of drug-likeness (QED) is 0.401. The predicted molar refractivity (Wildman–Crippen MR) is 118 cm³/mol. The number of aliphatic hydroxyl groups excluding tert-OH is 2. The number of anilines is 1. The number of pyridine rings is 1. The molecule has 0 radical (unpaired) electrons. The Morgan fingerprint density at radius 3 is 2.84 bits per heavy atom. The van der Waals surface area contributed by atoms with Crippen LogP contribution in [0.15, 0.2) is 47.3 Å². The van der Waals surface area contributed by atoms with Gasteiger partial charge in [0.15, 0.2) is 6.23 Å². The summed E-state index contributed by atoms with van der Waals surface area (Å²) in [5.74, 6) is 0.941. The topological polar surface area (TPSA) is 129 Å². The second kappa shape index (κ2) is 7.72. The van der Waals surface area contributed by atoms with E-state index in [1.165, 1.54) is 6.33 Å². The molecule has 5 rings (SSSR count). The van der Waals surface area contributed by atoms with Crippen LogP contribution in [0.4, 0.5) is 5.82 Å². The lowest BCUT2D eigenvalue weighted by atomic mass is 10.1. The molecule has 4 heterocycles. The van der Waals surface area contributed by atoms with Gasteiger partial charge in [-0.3, -0.25) is 4.98 Å². The van der Waals surface area contributed by atoms with E-state index in [9.17, 15) is 10.2 Å². The van der Waals surface area contributed by atoms with Gasteiger partial charge in [-0.2, -0.15) is 0 Å². The van der Waals surface area contributed by atoms with Gasteiger partial charge in [-0.25, -0.2) is 9.97 Å². The molecule has 1 saturated heterocycles. The molecule has 0 spiro atoms. The van der Waals surface area contributed by atoms with Crippen molar-refractivity contribution < 1.29 is 19.7 Å². The first kappa shape index (κ1) is 20.1. The smallest absolute Gasteiger partial charge is 0.164 e. The summed E-state index contributed by atoms with van der Waals surface area (Å²) < 4.78 is 14.5. The molecule has 1 aliphatic heterocycles. The highest BCUT2D eigenvalue weighted by Crippen LogP contribution is 2.35. The third-order valence-corrected chi connectivity index (χ3v) is 5.92. The maximum atomic E-state index is 10.7. The number of hydrogen-bond donors (Lipinski definition) is 3. The molecule has 160 valence electrons. The van der Waals surface area contributed by atoms with Gasteiger partial charge in [0.25, 0.3) is 0 Å². The van der Waals surface area contributed by atoms with Crippen LogP contribution >= 0.6 is 15.9 Å². The summed E-state index contributed by atoms with van der Waals surface area (Å²) in [6.07, 6.45) is -0.768. The number of ether oxygens (including phenoxy) is 2. The first-order valence-electron chi connectivity index (χ1n) is 9.70. The van der Waals surface area contributed by atoms with Crippen LogP contribution in [0.2, 0.25) is 0 Å². The fraction of sp³-hybridized carbons (Fsp3) is 0.286. The second-order valence-electron chi connectivity index (χ2n) is 7.52. The highest BCUT2D eigenvalue weighted by atomic mass is 79.9. The van der Waals surface area contributed by atoms with Crippen molar-refractivity contribution in [2.75, 3.05) is 12.3 Å². The van der Waals surface area contributed by atoms with Crippen LogP contribution in [0.1, 0.15) is 11.9 Å². The number of nitrogens with zero attached hydrogens (tertiary/aromatic N) is 4. The highest BCUT2D eigenvalue weighted by Gasteiger charge is 2.45. The van der Waals surface area contributed by atoms with Crippen molar-refractivity contribution in [2.24, 2.45) is 0 Å². The van der Waals surface area contributed by atoms with Gasteiger partial charge >= 0.3 is 0 Å². The number of rotatable bonds is 4. The van der Waals surface area contributed by atoms with Crippen LogP contribution in [-0.2, 0) is 4.74 Å². The van der Waals surface area contributed by atoms with E-state index in [0.29, 0.717) is 22.6 Å². The number of hydrogen-bond acceptors (Lipinski definition) is 8. The molecule has 0 aliphatic carbocycles. The molecule has 1 aromatic carbocycles. The van der Waals surface area contributed by atoms with Crippen molar-refractivity contribution >= 4 is 43.7 Å². The number of aromatic nitrogens is 4. The van der Waals surface area contributed by atoms with E-state index < -0.39 is 24.5 Å². The maximum Gasteiger partial charge on any atom is 0.164 e. The SMILES string of the molecule is Cc1cc2c(N)ncnc2n1[C@@H]1O[C@H](COc2ccc3cc(Br)cnc3c2)[C@@H](O)[C@H]1O. The first-order chi connectivity index (χ1) is 14.9. The van der Waals surface area contributed by atoms with E-state index >= 15 is 0 Å². The van der Waals surface area contributed by atoms with Crippen LogP contribution in [-0.4, -0.2) is 54.7 Å². The van der Waals surface area contributed by atoms with Crippen molar-refractivity contribution in [3.8, 4) is 5.75 Å². The molecule has 10 heteroatoms. The molecule has 1 fully saturated rings. The van der Waals surface area contributed by atoms with Crippen molar-refractivity contribution in [2.45, 2.75) is 31.5 Å². The number of nitrogens with two attached hydrogens (primary N) is 1. The zero-order chi connectivity index (χ0) is 21.7. The summed E-state index contributed by atoms with van der Waals surface area (Å²) in [7, 11) is 0. The largest absolute Gasteiger partial charge is 0.491 e. The van der Waals surface area contributed by atoms with Crippen LogP contribution in [0.25, 0.3) is 21.9 Å². The number of aryl methyl sites for hydroxylation is 1. The Morgan fingerprint density at radius 1 is 1.16 bits per heavy atom. The molecule has 0 unspecified atom stereocenters. The van der Waals surface area contributed by atoms with Gasteiger partial charge < -0.3 is 30.0 Å². The number of aliphatic hydroxyl groups is 2. The van der Waals surface area contributed by atoms with Crippen molar-refractivity contribution in [1.82, 2.24) is 19.5 Å². The summed E-state index contributed by atoms with van der Waals surface area (Å²) in [6.45, 7) is 1.92. The zero-order valence-electron chi connectivity index (χ0n) is 16.5. The monoisotopic (exact) mass is 485 g/mol. The van der Waals surface area contributed by atoms with E-state index in [4.69, 9.17) is 15.2 Å². The summed E-state index contributed by atoms with van der Waals surface area (Å²) in [4.78, 5) is 12.6. The molecule has 4 N–H and O–H groups in total. The zero-order valence-corrected chi connectivity index (χ0v) is 18.1. The Labute approximate surface area is 185 Å². The Morgan fingerprint density at radius 2 is 2.00 bits per heavy atom. The molecular weight excluding hydrogens is 466 g/mol. The summed E-state index contributed by atoms with van der Waals surface area (Å²) in [6, 6.07) is 9.36. The van der Waals surface area contributed by atoms with E-state index in [-0.39, 0.29) is 6.61 Å². The van der Waals surface area contributed by atoms with E-state index in [0.717, 1.165) is 21.1 Å². The average Bonchev–Trinajstić information content (AvgIpc) is 3.23. The Kier molecular flexibility index (Phi) is 5.01. The van der Waals surface area contributed by atoms with Gasteiger partial charge in [0.05, 0.1) is 10.9 Å². The minimum atomic E-state index is -1.16. The summed E-state index contributed by atoms with van der Waals surface area (Å²) in [5.41, 5.74) is 8.05. The maximum absolute atomic E-state index is 10.7. The molecule has 0 saturated carbocycles. The lowest BCUT2D eigenvalue weighted by molar-refractivity contribution is -0.0480. The molecule has 4 atom stereocenters. The number of fused-ring (bicyclic) bond motifs is 2. The van der Waals surface area contributed by atoms with Crippen molar-refractivity contribution in [3.63, 3.8) is 0 Å². The molecule has 31 heavy (non-hydrogen) atoms. The third-order valence-electron chi connectivity index (χ3n) is 5.48. The Hall–Kier alpha value is -2.79. The standard InChI is InChI=1S/C21H20BrN5O4/c1-10-4-14-19(23)25-9-26-20(14)27(10)21-18(29)17(28)16(31-21)8-30-13-3-2-11-5-12(22)7-24-15(11)6-13/h2-7,9,16-18,21,28-29H,8H2,1H3,(H2,23,25,26)/t16-,17-,18-,21-/m1/s1. The van der Waals surface area contributed by atoms with E-state index in [2.05, 4.69) is 30.9 Å². The minimum Gasteiger partial charge on any atom is -0.491 e. The Balaban J connectivity index is 1.36.